The minimum Gasteiger partial charge on any atom is -0.325 e. The van der Waals surface area contributed by atoms with Gasteiger partial charge in [-0.2, -0.15) is 0 Å². The lowest BCUT2D eigenvalue weighted by molar-refractivity contribution is -0.115. The van der Waals surface area contributed by atoms with Gasteiger partial charge in [-0.1, -0.05) is 15.9 Å². The minimum atomic E-state index is -3.98. The summed E-state index contributed by atoms with van der Waals surface area (Å²) in [6.07, 6.45) is 0.365. The van der Waals surface area contributed by atoms with E-state index in [4.69, 9.17) is 0 Å². The largest absolute Gasteiger partial charge is 0.325 e. The van der Waals surface area contributed by atoms with Crippen molar-refractivity contribution in [3.63, 3.8) is 0 Å². The van der Waals surface area contributed by atoms with Gasteiger partial charge in [0.1, 0.15) is 5.82 Å². The highest BCUT2D eigenvalue weighted by molar-refractivity contribution is 9.10. The number of carbonyl (C=O) groups is 1. The summed E-state index contributed by atoms with van der Waals surface area (Å²) >= 11 is 4.59. The average molecular weight is 431 g/mol. The Labute approximate surface area is 151 Å². The number of nitrogens with one attached hydrogen (secondary N) is 2. The van der Waals surface area contributed by atoms with Gasteiger partial charge in [-0.15, -0.1) is 11.8 Å². The van der Waals surface area contributed by atoms with Gasteiger partial charge in [-0.25, -0.2) is 12.8 Å². The van der Waals surface area contributed by atoms with Crippen LogP contribution in [0.3, 0.4) is 0 Å². The Kier molecular flexibility index (Phi) is 4.84. The molecule has 0 radical (unpaired) electrons. The van der Waals surface area contributed by atoms with E-state index < -0.39 is 15.8 Å². The summed E-state index contributed by atoms with van der Waals surface area (Å²) < 4.78 is 41.6. The van der Waals surface area contributed by atoms with Crippen molar-refractivity contribution in [1.82, 2.24) is 0 Å². The van der Waals surface area contributed by atoms with E-state index in [-0.39, 0.29) is 16.5 Å². The second kappa shape index (κ2) is 6.73. The van der Waals surface area contributed by atoms with Crippen LogP contribution in [0.25, 0.3) is 0 Å². The smallest absolute Gasteiger partial charge is 0.262 e. The monoisotopic (exact) mass is 430 g/mol. The first-order chi connectivity index (χ1) is 11.3. The molecule has 126 valence electrons. The van der Waals surface area contributed by atoms with Crippen molar-refractivity contribution in [3.8, 4) is 0 Å². The SMILES string of the molecule is O=C1CCSc2ccc(S(=O)(=O)Nc3ccc(Br)cc3F)cc2N1. The molecule has 1 aliphatic heterocycles. The van der Waals surface area contributed by atoms with Crippen LogP contribution in [-0.4, -0.2) is 20.1 Å². The zero-order valence-corrected chi connectivity index (χ0v) is 15.4. The van der Waals surface area contributed by atoms with Crippen LogP contribution in [0.2, 0.25) is 0 Å². The van der Waals surface area contributed by atoms with Gasteiger partial charge in [0.2, 0.25) is 5.91 Å². The molecule has 0 atom stereocenters. The molecule has 1 amide bonds. The molecule has 2 aromatic rings. The Bertz CT molecular complexity index is 919. The number of carbonyl (C=O) groups excluding carboxylic acids is 1. The normalized spacial score (nSPS) is 14.5. The van der Waals surface area contributed by atoms with E-state index in [0.29, 0.717) is 22.3 Å². The van der Waals surface area contributed by atoms with E-state index in [1.807, 2.05) is 0 Å². The van der Waals surface area contributed by atoms with Crippen molar-refractivity contribution < 1.29 is 17.6 Å². The maximum Gasteiger partial charge on any atom is 0.262 e. The van der Waals surface area contributed by atoms with Crippen LogP contribution in [-0.2, 0) is 14.8 Å². The van der Waals surface area contributed by atoms with Crippen LogP contribution in [0, 0.1) is 5.82 Å². The van der Waals surface area contributed by atoms with Crippen LogP contribution >= 0.6 is 27.7 Å². The Morgan fingerprint density at radius 3 is 2.75 bits per heavy atom. The van der Waals surface area contributed by atoms with E-state index >= 15 is 0 Å². The van der Waals surface area contributed by atoms with Crippen molar-refractivity contribution in [2.45, 2.75) is 16.2 Å². The molecule has 3 rings (SSSR count). The summed E-state index contributed by atoms with van der Waals surface area (Å²) in [5.41, 5.74) is 0.299. The van der Waals surface area contributed by atoms with E-state index in [1.165, 1.54) is 42.1 Å². The minimum absolute atomic E-state index is 0.0497. The first-order valence-corrected chi connectivity index (χ1v) is 10.2. The predicted molar refractivity (Wildman–Crippen MR) is 95.3 cm³/mol. The lowest BCUT2D eigenvalue weighted by Gasteiger charge is -2.12. The molecule has 0 unspecified atom stereocenters. The predicted octanol–water partition coefficient (Wildman–Crippen LogP) is 3.82. The lowest BCUT2D eigenvalue weighted by Crippen LogP contribution is -2.15. The van der Waals surface area contributed by atoms with Crippen LogP contribution in [0.1, 0.15) is 6.42 Å². The second-order valence-corrected chi connectivity index (χ2v) is 8.77. The van der Waals surface area contributed by atoms with E-state index in [0.717, 1.165) is 4.90 Å². The quantitative estimate of drug-likeness (QED) is 0.775. The van der Waals surface area contributed by atoms with Crippen molar-refractivity contribution in [2.75, 3.05) is 15.8 Å². The van der Waals surface area contributed by atoms with Crippen molar-refractivity contribution >= 4 is 55.0 Å². The number of sulfonamides is 1. The summed E-state index contributed by atoms with van der Waals surface area (Å²) in [6, 6.07) is 8.49. The molecule has 24 heavy (non-hydrogen) atoms. The zero-order chi connectivity index (χ0) is 17.3. The van der Waals surface area contributed by atoms with Gasteiger partial charge in [-0.3, -0.25) is 9.52 Å². The second-order valence-electron chi connectivity index (χ2n) is 5.03. The lowest BCUT2D eigenvalue weighted by atomic mass is 10.3. The van der Waals surface area contributed by atoms with E-state index in [1.54, 1.807) is 6.07 Å². The topological polar surface area (TPSA) is 75.3 Å². The maximum atomic E-state index is 13.9. The number of fused-ring (bicyclic) bond motifs is 1. The van der Waals surface area contributed by atoms with Crippen LogP contribution in [0.5, 0.6) is 0 Å². The molecule has 5 nitrogen and oxygen atoms in total. The van der Waals surface area contributed by atoms with Gasteiger partial charge in [0, 0.05) is 21.5 Å². The summed E-state index contributed by atoms with van der Waals surface area (Å²) in [5, 5.41) is 2.69. The van der Waals surface area contributed by atoms with E-state index in [9.17, 15) is 17.6 Å². The third-order valence-corrected chi connectivity index (χ3v) is 6.23. The molecule has 0 aliphatic carbocycles. The number of hydrogen-bond acceptors (Lipinski definition) is 4. The number of benzene rings is 2. The molecule has 0 saturated carbocycles. The molecule has 2 N–H and O–H groups in total. The molecule has 0 bridgehead atoms. The third-order valence-electron chi connectivity index (χ3n) is 3.30. The Morgan fingerprint density at radius 1 is 1.21 bits per heavy atom. The maximum absolute atomic E-state index is 13.9. The molecule has 0 fully saturated rings. The number of amides is 1. The molecule has 9 heteroatoms. The van der Waals surface area contributed by atoms with Crippen LogP contribution < -0.4 is 10.0 Å². The summed E-state index contributed by atoms with van der Waals surface area (Å²) in [7, 11) is -3.98. The van der Waals surface area contributed by atoms with Gasteiger partial charge in [0.25, 0.3) is 10.0 Å². The molecular formula is C15H12BrFN2O3S2. The zero-order valence-electron chi connectivity index (χ0n) is 12.2. The number of hydrogen-bond donors (Lipinski definition) is 2. The Hall–Kier alpha value is -1.58. The van der Waals surface area contributed by atoms with Crippen LogP contribution in [0.15, 0.2) is 50.7 Å². The first-order valence-electron chi connectivity index (χ1n) is 6.90. The molecule has 2 aromatic carbocycles. The Balaban J connectivity index is 1.94. The van der Waals surface area contributed by atoms with Crippen molar-refractivity contribution in [2.24, 2.45) is 0 Å². The molecular weight excluding hydrogens is 419 g/mol. The molecule has 1 aliphatic rings. The van der Waals surface area contributed by atoms with Gasteiger partial charge in [0.05, 0.1) is 16.3 Å². The average Bonchev–Trinajstić information content (AvgIpc) is 2.69. The number of thioether (sulfide) groups is 1. The summed E-state index contributed by atoms with van der Waals surface area (Å²) in [4.78, 5) is 12.4. The first kappa shape index (κ1) is 17.2. The summed E-state index contributed by atoms with van der Waals surface area (Å²) in [5.74, 6) is -0.220. The third kappa shape index (κ3) is 3.73. The molecule has 1 heterocycles. The van der Waals surface area contributed by atoms with Gasteiger partial charge in [0.15, 0.2) is 0 Å². The summed E-state index contributed by atoms with van der Waals surface area (Å²) in [6.45, 7) is 0. The fraction of sp³-hybridized carbons (Fsp3) is 0.133. The number of halogens is 2. The Morgan fingerprint density at radius 2 is 2.00 bits per heavy atom. The van der Waals surface area contributed by atoms with Gasteiger partial charge >= 0.3 is 0 Å². The van der Waals surface area contributed by atoms with Crippen molar-refractivity contribution in [1.29, 1.82) is 0 Å². The highest BCUT2D eigenvalue weighted by atomic mass is 79.9. The van der Waals surface area contributed by atoms with Gasteiger partial charge < -0.3 is 5.32 Å². The fourth-order valence-corrected chi connectivity index (χ4v) is 4.51. The highest BCUT2D eigenvalue weighted by Crippen LogP contribution is 2.33. The molecule has 0 aromatic heterocycles. The number of rotatable bonds is 3. The molecule has 0 saturated heterocycles. The fourth-order valence-electron chi connectivity index (χ4n) is 2.14. The van der Waals surface area contributed by atoms with Crippen LogP contribution in [0.4, 0.5) is 15.8 Å². The number of anilines is 2. The highest BCUT2D eigenvalue weighted by Gasteiger charge is 2.20. The standard InChI is InChI=1S/C15H12BrFN2O3S2/c16-9-1-3-12(11(17)7-9)19-24(21,22)10-2-4-14-13(8-10)18-15(20)5-6-23-14/h1-4,7-8,19H,5-6H2,(H,18,20). The van der Waals surface area contributed by atoms with E-state index in [2.05, 4.69) is 26.0 Å². The van der Waals surface area contributed by atoms with Gasteiger partial charge in [-0.05, 0) is 36.4 Å². The van der Waals surface area contributed by atoms with Crippen molar-refractivity contribution in [3.05, 3.63) is 46.7 Å². The molecule has 0 spiro atoms.